The molecule has 5 nitrogen and oxygen atoms in total. The number of carbonyl (C=O) groups is 1. The molecule has 1 aromatic carbocycles. The standard InChI is InChI=1S/C13H16N4O/c1-9-12(10-6-4-3-5-7-10)13(17(2)16-9)15-11(18)8-14/h3-7H,8,14H2,1-2H3,(H,15,18). The lowest BCUT2D eigenvalue weighted by Crippen LogP contribution is -2.23. The SMILES string of the molecule is Cc1nn(C)c(NC(=O)CN)c1-c1ccccc1. The molecule has 0 radical (unpaired) electrons. The molecule has 0 bridgehead atoms. The number of anilines is 1. The Morgan fingerprint density at radius 1 is 1.39 bits per heavy atom. The Kier molecular flexibility index (Phi) is 3.43. The van der Waals surface area contributed by atoms with Crippen LogP contribution in [0, 0.1) is 6.92 Å². The highest BCUT2D eigenvalue weighted by atomic mass is 16.1. The number of hydrogen-bond acceptors (Lipinski definition) is 3. The number of amides is 1. The number of carbonyl (C=O) groups excluding carboxylic acids is 1. The number of hydrogen-bond donors (Lipinski definition) is 2. The Balaban J connectivity index is 2.50. The summed E-state index contributed by atoms with van der Waals surface area (Å²) in [5.74, 6) is 0.448. The second-order valence-corrected chi connectivity index (χ2v) is 4.05. The van der Waals surface area contributed by atoms with Gasteiger partial charge in [-0.25, -0.2) is 0 Å². The lowest BCUT2D eigenvalue weighted by Gasteiger charge is -2.08. The molecular formula is C13H16N4O. The highest BCUT2D eigenvalue weighted by Crippen LogP contribution is 2.30. The van der Waals surface area contributed by atoms with Crippen molar-refractivity contribution >= 4 is 11.7 Å². The Morgan fingerprint density at radius 2 is 2.06 bits per heavy atom. The Morgan fingerprint density at radius 3 is 2.67 bits per heavy atom. The minimum absolute atomic E-state index is 0.0432. The van der Waals surface area contributed by atoms with Gasteiger partial charge in [-0.15, -0.1) is 0 Å². The first-order valence-corrected chi connectivity index (χ1v) is 5.72. The Bertz CT molecular complexity index is 560. The number of nitrogens with two attached hydrogens (primary N) is 1. The molecule has 18 heavy (non-hydrogen) atoms. The molecular weight excluding hydrogens is 228 g/mol. The predicted octanol–water partition coefficient (Wildman–Crippen LogP) is 1.29. The van der Waals surface area contributed by atoms with Crippen LogP contribution < -0.4 is 11.1 Å². The minimum Gasteiger partial charge on any atom is -0.322 e. The molecule has 0 aliphatic rings. The van der Waals surface area contributed by atoms with Gasteiger partial charge in [-0.3, -0.25) is 9.48 Å². The van der Waals surface area contributed by atoms with E-state index in [1.807, 2.05) is 37.3 Å². The normalized spacial score (nSPS) is 10.4. The lowest BCUT2D eigenvalue weighted by atomic mass is 10.1. The summed E-state index contributed by atoms with van der Waals surface area (Å²) in [7, 11) is 1.80. The number of benzene rings is 1. The summed E-state index contributed by atoms with van der Waals surface area (Å²) in [5.41, 5.74) is 8.15. The number of aryl methyl sites for hydroxylation is 2. The number of aromatic nitrogens is 2. The fraction of sp³-hybridized carbons (Fsp3) is 0.231. The first kappa shape index (κ1) is 12.3. The third kappa shape index (κ3) is 2.26. The monoisotopic (exact) mass is 244 g/mol. The fourth-order valence-corrected chi connectivity index (χ4v) is 1.94. The van der Waals surface area contributed by atoms with E-state index in [1.54, 1.807) is 11.7 Å². The van der Waals surface area contributed by atoms with Crippen LogP contribution in [0.4, 0.5) is 5.82 Å². The highest BCUT2D eigenvalue weighted by Gasteiger charge is 2.16. The lowest BCUT2D eigenvalue weighted by molar-refractivity contribution is -0.114. The number of rotatable bonds is 3. The largest absolute Gasteiger partial charge is 0.322 e. The van der Waals surface area contributed by atoms with E-state index in [0.29, 0.717) is 5.82 Å². The van der Waals surface area contributed by atoms with Gasteiger partial charge in [0.25, 0.3) is 0 Å². The molecule has 3 N–H and O–H groups in total. The molecule has 1 amide bonds. The average molecular weight is 244 g/mol. The zero-order valence-electron chi connectivity index (χ0n) is 10.5. The van der Waals surface area contributed by atoms with Crippen molar-refractivity contribution < 1.29 is 4.79 Å². The topological polar surface area (TPSA) is 72.9 Å². The summed E-state index contributed by atoms with van der Waals surface area (Å²) >= 11 is 0. The molecule has 0 spiro atoms. The van der Waals surface area contributed by atoms with Crippen molar-refractivity contribution in [3.8, 4) is 11.1 Å². The molecule has 0 saturated carbocycles. The minimum atomic E-state index is -0.227. The first-order chi connectivity index (χ1) is 8.63. The quantitative estimate of drug-likeness (QED) is 0.854. The molecule has 2 rings (SSSR count). The van der Waals surface area contributed by atoms with Gasteiger partial charge in [0, 0.05) is 12.6 Å². The maximum absolute atomic E-state index is 11.4. The summed E-state index contributed by atoms with van der Waals surface area (Å²) < 4.78 is 1.66. The molecule has 0 saturated heterocycles. The van der Waals surface area contributed by atoms with Crippen molar-refractivity contribution in [3.05, 3.63) is 36.0 Å². The van der Waals surface area contributed by atoms with E-state index in [9.17, 15) is 4.79 Å². The van der Waals surface area contributed by atoms with Gasteiger partial charge in [-0.05, 0) is 12.5 Å². The summed E-state index contributed by atoms with van der Waals surface area (Å²) in [4.78, 5) is 11.4. The van der Waals surface area contributed by atoms with Crippen LogP contribution in [-0.2, 0) is 11.8 Å². The predicted molar refractivity (Wildman–Crippen MR) is 71.1 cm³/mol. The van der Waals surface area contributed by atoms with Gasteiger partial charge in [0.1, 0.15) is 5.82 Å². The zero-order valence-corrected chi connectivity index (χ0v) is 10.5. The molecule has 2 aromatic rings. The summed E-state index contributed by atoms with van der Waals surface area (Å²) in [6, 6.07) is 9.84. The number of nitrogens with one attached hydrogen (secondary N) is 1. The third-order valence-corrected chi connectivity index (χ3v) is 2.73. The van der Waals surface area contributed by atoms with Crippen molar-refractivity contribution in [2.75, 3.05) is 11.9 Å². The van der Waals surface area contributed by atoms with Gasteiger partial charge < -0.3 is 11.1 Å². The van der Waals surface area contributed by atoms with Crippen molar-refractivity contribution in [1.82, 2.24) is 9.78 Å². The molecule has 0 aliphatic heterocycles. The molecule has 94 valence electrons. The smallest absolute Gasteiger partial charge is 0.239 e. The van der Waals surface area contributed by atoms with Crippen LogP contribution in [0.15, 0.2) is 30.3 Å². The molecule has 0 unspecified atom stereocenters. The Hall–Kier alpha value is -2.14. The van der Waals surface area contributed by atoms with Crippen LogP contribution in [0.3, 0.4) is 0 Å². The third-order valence-electron chi connectivity index (χ3n) is 2.73. The molecule has 5 heteroatoms. The van der Waals surface area contributed by atoms with Crippen molar-refractivity contribution in [1.29, 1.82) is 0 Å². The average Bonchev–Trinajstić information content (AvgIpc) is 2.65. The van der Waals surface area contributed by atoms with Gasteiger partial charge in [0.2, 0.25) is 5.91 Å². The molecule has 0 fully saturated rings. The van der Waals surface area contributed by atoms with E-state index in [4.69, 9.17) is 5.73 Å². The molecule has 1 heterocycles. The first-order valence-electron chi connectivity index (χ1n) is 5.72. The molecule has 1 aromatic heterocycles. The maximum atomic E-state index is 11.4. The van der Waals surface area contributed by atoms with Gasteiger partial charge in [-0.2, -0.15) is 5.10 Å². The van der Waals surface area contributed by atoms with Crippen molar-refractivity contribution in [3.63, 3.8) is 0 Å². The summed E-state index contributed by atoms with van der Waals surface area (Å²) in [6.07, 6.45) is 0. The van der Waals surface area contributed by atoms with Gasteiger partial charge in [0.05, 0.1) is 12.2 Å². The highest BCUT2D eigenvalue weighted by molar-refractivity contribution is 5.95. The van der Waals surface area contributed by atoms with E-state index >= 15 is 0 Å². The zero-order chi connectivity index (χ0) is 13.1. The van der Waals surface area contributed by atoms with Crippen molar-refractivity contribution in [2.45, 2.75) is 6.92 Å². The van der Waals surface area contributed by atoms with Crippen LogP contribution >= 0.6 is 0 Å². The fourth-order valence-electron chi connectivity index (χ4n) is 1.94. The summed E-state index contributed by atoms with van der Waals surface area (Å²) in [6.45, 7) is 1.87. The van der Waals surface area contributed by atoms with Crippen LogP contribution in [0.25, 0.3) is 11.1 Å². The maximum Gasteiger partial charge on any atom is 0.239 e. The molecule has 0 aliphatic carbocycles. The summed E-state index contributed by atoms with van der Waals surface area (Å²) in [5, 5.41) is 7.12. The van der Waals surface area contributed by atoms with Gasteiger partial charge in [-0.1, -0.05) is 30.3 Å². The van der Waals surface area contributed by atoms with E-state index in [-0.39, 0.29) is 12.5 Å². The van der Waals surface area contributed by atoms with E-state index in [0.717, 1.165) is 16.8 Å². The Labute approximate surface area is 106 Å². The van der Waals surface area contributed by atoms with Crippen LogP contribution in [0.5, 0.6) is 0 Å². The van der Waals surface area contributed by atoms with Crippen LogP contribution in [-0.4, -0.2) is 22.2 Å². The van der Waals surface area contributed by atoms with Crippen LogP contribution in [0.2, 0.25) is 0 Å². The number of nitrogens with zero attached hydrogens (tertiary/aromatic N) is 2. The van der Waals surface area contributed by atoms with Gasteiger partial charge in [0.15, 0.2) is 0 Å². The van der Waals surface area contributed by atoms with Crippen molar-refractivity contribution in [2.24, 2.45) is 12.8 Å². The van der Waals surface area contributed by atoms with E-state index in [2.05, 4.69) is 10.4 Å². The molecule has 0 atom stereocenters. The van der Waals surface area contributed by atoms with Gasteiger partial charge >= 0.3 is 0 Å². The second-order valence-electron chi connectivity index (χ2n) is 4.05. The van der Waals surface area contributed by atoms with Crippen LogP contribution in [0.1, 0.15) is 5.69 Å². The van der Waals surface area contributed by atoms with E-state index in [1.165, 1.54) is 0 Å². The second kappa shape index (κ2) is 5.01. The van der Waals surface area contributed by atoms with E-state index < -0.39 is 0 Å².